The van der Waals surface area contributed by atoms with Crippen molar-refractivity contribution in [1.29, 1.82) is 0 Å². The van der Waals surface area contributed by atoms with Gasteiger partial charge in [0.15, 0.2) is 5.43 Å². The SMILES string of the molecule is O=c1cc(N2C=CC=NC2)oc2ccc(OCCc3ccc(C(F)(F)F)cc3)cc12. The minimum Gasteiger partial charge on any atom is -0.493 e. The molecule has 0 bridgehead atoms. The van der Waals surface area contributed by atoms with E-state index < -0.39 is 11.7 Å². The van der Waals surface area contributed by atoms with Crippen LogP contribution in [0, 0.1) is 0 Å². The normalized spacial score (nSPS) is 13.8. The van der Waals surface area contributed by atoms with E-state index in [1.807, 2.05) is 0 Å². The van der Waals surface area contributed by atoms with Crippen molar-refractivity contribution in [2.24, 2.45) is 4.99 Å². The number of fused-ring (bicyclic) bond motifs is 1. The Hall–Kier alpha value is -3.55. The number of benzene rings is 2. The molecule has 4 rings (SSSR count). The molecule has 0 saturated carbocycles. The molecule has 0 aliphatic carbocycles. The highest BCUT2D eigenvalue weighted by Crippen LogP contribution is 2.29. The Bertz CT molecular complexity index is 1160. The molecule has 0 unspecified atom stereocenters. The molecule has 0 radical (unpaired) electrons. The lowest BCUT2D eigenvalue weighted by molar-refractivity contribution is -0.137. The van der Waals surface area contributed by atoms with Crippen LogP contribution in [0.2, 0.25) is 0 Å². The smallest absolute Gasteiger partial charge is 0.416 e. The fourth-order valence-corrected chi connectivity index (χ4v) is 3.03. The van der Waals surface area contributed by atoms with Crippen LogP contribution in [0.1, 0.15) is 11.1 Å². The van der Waals surface area contributed by atoms with Gasteiger partial charge in [0, 0.05) is 24.9 Å². The van der Waals surface area contributed by atoms with Gasteiger partial charge < -0.3 is 9.15 Å². The van der Waals surface area contributed by atoms with Crippen molar-refractivity contribution in [3.05, 3.63) is 82.2 Å². The van der Waals surface area contributed by atoms with E-state index in [0.29, 0.717) is 35.7 Å². The van der Waals surface area contributed by atoms with E-state index in [9.17, 15) is 18.0 Å². The largest absolute Gasteiger partial charge is 0.493 e. The predicted octanol–water partition coefficient (Wildman–Crippen LogP) is 4.80. The Morgan fingerprint density at radius 3 is 2.60 bits per heavy atom. The second-order valence-electron chi connectivity index (χ2n) is 6.68. The van der Waals surface area contributed by atoms with E-state index in [2.05, 4.69) is 4.99 Å². The first-order valence-electron chi connectivity index (χ1n) is 9.20. The summed E-state index contributed by atoms with van der Waals surface area (Å²) >= 11 is 0. The quantitative estimate of drug-likeness (QED) is 0.602. The van der Waals surface area contributed by atoms with Crippen molar-refractivity contribution in [3.63, 3.8) is 0 Å². The number of rotatable bonds is 5. The van der Waals surface area contributed by atoms with E-state index in [1.165, 1.54) is 18.2 Å². The van der Waals surface area contributed by atoms with Crippen LogP contribution in [0.3, 0.4) is 0 Å². The molecule has 0 saturated heterocycles. The summed E-state index contributed by atoms with van der Waals surface area (Å²) in [6, 6.07) is 11.3. The highest BCUT2D eigenvalue weighted by Gasteiger charge is 2.29. The van der Waals surface area contributed by atoms with Gasteiger partial charge in [0.1, 0.15) is 18.0 Å². The van der Waals surface area contributed by atoms with Crippen LogP contribution in [0.5, 0.6) is 5.75 Å². The topological polar surface area (TPSA) is 55.0 Å². The van der Waals surface area contributed by atoms with Crippen LogP contribution < -0.4 is 15.1 Å². The van der Waals surface area contributed by atoms with Gasteiger partial charge in [-0.1, -0.05) is 12.1 Å². The monoisotopic (exact) mass is 414 g/mol. The van der Waals surface area contributed by atoms with Crippen LogP contribution in [0.15, 0.2) is 75.0 Å². The molecule has 154 valence electrons. The zero-order valence-electron chi connectivity index (χ0n) is 15.7. The van der Waals surface area contributed by atoms with Crippen molar-refractivity contribution in [2.45, 2.75) is 12.6 Å². The molecule has 0 atom stereocenters. The van der Waals surface area contributed by atoms with Gasteiger partial charge in [0.05, 0.1) is 17.6 Å². The molecule has 1 aliphatic heterocycles. The molecule has 8 heteroatoms. The van der Waals surface area contributed by atoms with E-state index in [0.717, 1.165) is 17.7 Å². The van der Waals surface area contributed by atoms with Crippen LogP contribution in [0.4, 0.5) is 19.1 Å². The summed E-state index contributed by atoms with van der Waals surface area (Å²) in [6.45, 7) is 0.632. The Morgan fingerprint density at radius 1 is 1.10 bits per heavy atom. The van der Waals surface area contributed by atoms with Crippen molar-refractivity contribution in [3.8, 4) is 5.75 Å². The predicted molar refractivity (Wildman–Crippen MR) is 108 cm³/mol. The second-order valence-corrected chi connectivity index (χ2v) is 6.68. The summed E-state index contributed by atoms with van der Waals surface area (Å²) in [7, 11) is 0. The lowest BCUT2D eigenvalue weighted by Gasteiger charge is -2.18. The molecule has 0 amide bonds. The lowest BCUT2D eigenvalue weighted by atomic mass is 10.1. The number of nitrogens with zero attached hydrogens (tertiary/aromatic N) is 2. The van der Waals surface area contributed by atoms with E-state index in [4.69, 9.17) is 9.15 Å². The first-order valence-corrected chi connectivity index (χ1v) is 9.20. The van der Waals surface area contributed by atoms with Gasteiger partial charge in [-0.3, -0.25) is 14.7 Å². The molecule has 30 heavy (non-hydrogen) atoms. The number of halogens is 3. The molecular weight excluding hydrogens is 397 g/mol. The summed E-state index contributed by atoms with van der Waals surface area (Å²) < 4.78 is 49.3. The highest BCUT2D eigenvalue weighted by atomic mass is 19.4. The van der Waals surface area contributed by atoms with Gasteiger partial charge in [-0.05, 0) is 42.0 Å². The van der Waals surface area contributed by atoms with Gasteiger partial charge in [-0.25, -0.2) is 0 Å². The first-order chi connectivity index (χ1) is 14.4. The van der Waals surface area contributed by atoms with E-state index in [1.54, 1.807) is 41.6 Å². The Morgan fingerprint density at radius 2 is 1.90 bits per heavy atom. The summed E-state index contributed by atoms with van der Waals surface area (Å²) in [5.41, 5.74) is 0.266. The average molecular weight is 414 g/mol. The van der Waals surface area contributed by atoms with Crippen LogP contribution >= 0.6 is 0 Å². The van der Waals surface area contributed by atoms with Crippen molar-refractivity contribution in [1.82, 2.24) is 0 Å². The first kappa shape index (κ1) is 19.8. The van der Waals surface area contributed by atoms with Crippen LogP contribution in [0.25, 0.3) is 11.0 Å². The lowest BCUT2D eigenvalue weighted by Crippen LogP contribution is -2.19. The fourth-order valence-electron chi connectivity index (χ4n) is 3.03. The van der Waals surface area contributed by atoms with E-state index in [-0.39, 0.29) is 12.0 Å². The molecular formula is C22H17F3N2O3. The number of aliphatic imine (C=N–C) groups is 1. The van der Waals surface area contributed by atoms with Gasteiger partial charge in [-0.2, -0.15) is 13.2 Å². The molecule has 2 heterocycles. The molecule has 0 N–H and O–H groups in total. The highest BCUT2D eigenvalue weighted by molar-refractivity contribution is 5.80. The number of hydrogen-bond acceptors (Lipinski definition) is 5. The number of hydrogen-bond donors (Lipinski definition) is 0. The molecule has 0 spiro atoms. The fraction of sp³-hybridized carbons (Fsp3) is 0.182. The third-order valence-electron chi connectivity index (χ3n) is 4.60. The number of anilines is 1. The third kappa shape index (κ3) is 4.37. The molecule has 1 aromatic heterocycles. The van der Waals surface area contributed by atoms with Gasteiger partial charge in [0.25, 0.3) is 0 Å². The summed E-state index contributed by atoms with van der Waals surface area (Å²) in [4.78, 5) is 18.3. The molecule has 5 nitrogen and oxygen atoms in total. The molecule has 3 aromatic rings. The number of ether oxygens (including phenoxy) is 1. The number of allylic oxidation sites excluding steroid dienone is 1. The van der Waals surface area contributed by atoms with Gasteiger partial charge in [0.2, 0.25) is 5.88 Å². The Labute approximate surface area is 169 Å². The standard InChI is InChI=1S/C22H17F3N2O3/c23-22(24,25)16-4-2-15(3-5-16)8-11-29-17-6-7-20-18(12-17)19(28)13-21(30-20)27-10-1-9-26-14-27/h1-7,9-10,12-13H,8,11,14H2. The summed E-state index contributed by atoms with van der Waals surface area (Å²) in [6.07, 6.45) is 1.28. The molecule has 1 aliphatic rings. The maximum Gasteiger partial charge on any atom is 0.416 e. The van der Waals surface area contributed by atoms with Gasteiger partial charge in [-0.15, -0.1) is 0 Å². The zero-order valence-corrected chi connectivity index (χ0v) is 15.7. The summed E-state index contributed by atoms with van der Waals surface area (Å²) in [5.74, 6) is 0.883. The van der Waals surface area contributed by atoms with Crippen molar-refractivity contribution < 1.29 is 22.3 Å². The van der Waals surface area contributed by atoms with Crippen molar-refractivity contribution in [2.75, 3.05) is 18.2 Å². The maximum absolute atomic E-state index is 12.6. The van der Waals surface area contributed by atoms with Crippen LogP contribution in [-0.2, 0) is 12.6 Å². The third-order valence-corrected chi connectivity index (χ3v) is 4.60. The van der Waals surface area contributed by atoms with Gasteiger partial charge >= 0.3 is 6.18 Å². The maximum atomic E-state index is 12.6. The minimum atomic E-state index is -4.35. The Balaban J connectivity index is 1.43. The Kier molecular flexibility index (Phi) is 5.31. The second kappa shape index (κ2) is 8.06. The summed E-state index contributed by atoms with van der Waals surface area (Å²) in [5, 5.41) is 0.385. The molecule has 0 fully saturated rings. The number of alkyl halides is 3. The van der Waals surface area contributed by atoms with Crippen LogP contribution in [-0.4, -0.2) is 19.5 Å². The zero-order chi connectivity index (χ0) is 21.1. The average Bonchev–Trinajstić information content (AvgIpc) is 2.74. The minimum absolute atomic E-state index is 0.206. The van der Waals surface area contributed by atoms with Crippen molar-refractivity contribution >= 4 is 23.1 Å². The van der Waals surface area contributed by atoms with E-state index >= 15 is 0 Å². The molecule has 2 aromatic carbocycles.